The van der Waals surface area contributed by atoms with Crippen molar-refractivity contribution in [1.29, 1.82) is 0 Å². The average molecular weight is 366 g/mol. The van der Waals surface area contributed by atoms with E-state index in [1.807, 2.05) is 22.9 Å². The number of hydrogen-bond donors (Lipinski definition) is 0. The second-order valence-electron chi connectivity index (χ2n) is 1.89. The molecule has 4 nitrogen and oxygen atoms in total. The number of amides is 3. The number of urea groups is 1. The van der Waals surface area contributed by atoms with Crippen molar-refractivity contribution in [3.8, 4) is 0 Å². The van der Waals surface area contributed by atoms with E-state index >= 15 is 0 Å². The highest BCUT2D eigenvalue weighted by molar-refractivity contribution is 14.1. The van der Waals surface area contributed by atoms with Crippen molar-refractivity contribution in [3.05, 3.63) is 0 Å². The first kappa shape index (κ1) is 8.50. The number of imide groups is 1. The Morgan fingerprint density at radius 2 is 1.90 bits per heavy atom. The topological polar surface area (TPSA) is 40.6 Å². The summed E-state index contributed by atoms with van der Waals surface area (Å²) in [6.45, 7) is 1.70. The minimum absolute atomic E-state index is 0.153. The van der Waals surface area contributed by atoms with Gasteiger partial charge in [0.15, 0.2) is 0 Å². The maximum atomic E-state index is 11.0. The molecule has 1 saturated heterocycles. The molecule has 0 radical (unpaired) electrons. The number of halogens is 2. The molecule has 6 heteroatoms. The summed E-state index contributed by atoms with van der Waals surface area (Å²) in [5.41, 5.74) is 0. The van der Waals surface area contributed by atoms with Gasteiger partial charge in [-0.3, -0.25) is 7.91 Å². The van der Waals surface area contributed by atoms with Gasteiger partial charge in [0, 0.05) is 0 Å². The molecule has 1 atom stereocenters. The van der Waals surface area contributed by atoms with Gasteiger partial charge in [0.1, 0.15) is 6.04 Å². The van der Waals surface area contributed by atoms with E-state index in [2.05, 4.69) is 0 Å². The van der Waals surface area contributed by atoms with Crippen LogP contribution in [-0.2, 0) is 4.79 Å². The molecule has 1 unspecified atom stereocenters. The quantitative estimate of drug-likeness (QED) is 0.369. The first-order valence-corrected chi connectivity index (χ1v) is 4.47. The van der Waals surface area contributed by atoms with Crippen LogP contribution in [0.3, 0.4) is 0 Å². The van der Waals surface area contributed by atoms with Crippen LogP contribution in [0.2, 0.25) is 0 Å². The Morgan fingerprint density at radius 3 is 2.00 bits per heavy atom. The highest BCUT2D eigenvalue weighted by Crippen LogP contribution is 2.23. The number of rotatable bonds is 0. The lowest BCUT2D eigenvalue weighted by molar-refractivity contribution is -0.123. The van der Waals surface area contributed by atoms with Crippen molar-refractivity contribution in [2.24, 2.45) is 0 Å². The molecule has 0 N–H and O–H groups in total. The van der Waals surface area contributed by atoms with E-state index in [0.717, 1.165) is 3.11 Å². The van der Waals surface area contributed by atoms with Crippen LogP contribution < -0.4 is 0 Å². The average Bonchev–Trinajstić information content (AvgIpc) is 2.07. The standard InChI is InChI=1S/C4H4I2N2O2/c1-2-3(9)8(6)4(10)7(2)5/h2H,1H3. The van der Waals surface area contributed by atoms with E-state index in [1.165, 1.54) is 3.11 Å². The largest absolute Gasteiger partial charge is 0.345 e. The summed E-state index contributed by atoms with van der Waals surface area (Å²) in [7, 11) is 0. The lowest BCUT2D eigenvalue weighted by atomic mass is 10.4. The molecule has 1 fully saturated rings. The van der Waals surface area contributed by atoms with Gasteiger partial charge in [-0.15, -0.1) is 0 Å². The SMILES string of the molecule is CC1C(=O)N(I)C(=O)N1I. The molecule has 0 bridgehead atoms. The summed E-state index contributed by atoms with van der Waals surface area (Å²) < 4.78 is 2.47. The zero-order chi connectivity index (χ0) is 7.89. The van der Waals surface area contributed by atoms with E-state index < -0.39 is 0 Å². The number of hydrogen-bond acceptors (Lipinski definition) is 2. The molecule has 1 heterocycles. The van der Waals surface area contributed by atoms with Crippen molar-refractivity contribution in [3.63, 3.8) is 0 Å². The molecular weight excluding hydrogens is 362 g/mol. The van der Waals surface area contributed by atoms with Crippen molar-refractivity contribution in [2.75, 3.05) is 0 Å². The predicted molar refractivity (Wildman–Crippen MR) is 51.6 cm³/mol. The molecule has 0 saturated carbocycles. The second-order valence-corrected chi connectivity index (χ2v) is 3.89. The summed E-state index contributed by atoms with van der Waals surface area (Å²) in [6.07, 6.45) is 0. The van der Waals surface area contributed by atoms with E-state index in [-0.39, 0.29) is 18.0 Å². The zero-order valence-corrected chi connectivity index (χ0v) is 9.36. The monoisotopic (exact) mass is 366 g/mol. The Bertz CT molecular complexity index is 176. The van der Waals surface area contributed by atoms with Gasteiger partial charge in [0.2, 0.25) is 0 Å². The van der Waals surface area contributed by atoms with Gasteiger partial charge in [-0.1, -0.05) is 0 Å². The third-order valence-corrected chi connectivity index (χ3v) is 3.38. The molecule has 0 aromatic rings. The predicted octanol–water partition coefficient (Wildman–Crippen LogP) is 1.34. The third kappa shape index (κ3) is 1.11. The maximum Gasteiger partial charge on any atom is 0.345 e. The highest BCUT2D eigenvalue weighted by atomic mass is 127. The van der Waals surface area contributed by atoms with Crippen molar-refractivity contribution in [1.82, 2.24) is 6.23 Å². The number of nitrogens with zero attached hydrogens (tertiary/aromatic N) is 2. The molecule has 1 aliphatic rings. The molecule has 0 spiro atoms. The fraction of sp³-hybridized carbons (Fsp3) is 0.500. The van der Waals surface area contributed by atoms with Crippen LogP contribution in [0.25, 0.3) is 0 Å². The lowest BCUT2D eigenvalue weighted by Gasteiger charge is -2.05. The van der Waals surface area contributed by atoms with E-state index in [1.54, 1.807) is 29.8 Å². The summed E-state index contributed by atoms with van der Waals surface area (Å²) in [4.78, 5) is 21.9. The normalized spacial score (nSPS) is 26.5. The summed E-state index contributed by atoms with van der Waals surface area (Å²) in [6, 6.07) is -0.566. The minimum atomic E-state index is -0.315. The third-order valence-electron chi connectivity index (χ3n) is 1.24. The van der Waals surface area contributed by atoms with Gasteiger partial charge >= 0.3 is 6.03 Å². The fourth-order valence-corrected chi connectivity index (χ4v) is 2.11. The maximum absolute atomic E-state index is 11.0. The Kier molecular flexibility index (Phi) is 2.38. The molecule has 10 heavy (non-hydrogen) atoms. The minimum Gasteiger partial charge on any atom is -0.271 e. The van der Waals surface area contributed by atoms with Crippen LogP contribution in [0.5, 0.6) is 0 Å². The molecule has 0 aromatic heterocycles. The Balaban J connectivity index is 2.89. The Hall–Kier alpha value is 0.400. The van der Waals surface area contributed by atoms with Gasteiger partial charge < -0.3 is 0 Å². The fourth-order valence-electron chi connectivity index (χ4n) is 0.605. The number of carbonyl (C=O) groups is 2. The summed E-state index contributed by atoms with van der Waals surface area (Å²) in [5, 5.41) is 0. The van der Waals surface area contributed by atoms with E-state index in [9.17, 15) is 9.59 Å². The van der Waals surface area contributed by atoms with Crippen molar-refractivity contribution in [2.45, 2.75) is 13.0 Å². The van der Waals surface area contributed by atoms with Gasteiger partial charge in [-0.05, 0) is 6.92 Å². The summed E-state index contributed by atoms with van der Waals surface area (Å²) in [5.74, 6) is -0.153. The smallest absolute Gasteiger partial charge is 0.271 e. The summed E-state index contributed by atoms with van der Waals surface area (Å²) >= 11 is 3.53. The number of carbonyl (C=O) groups excluding carboxylic acids is 2. The molecule has 0 aromatic carbocycles. The molecule has 3 amide bonds. The van der Waals surface area contributed by atoms with Gasteiger partial charge in [0.25, 0.3) is 5.91 Å². The van der Waals surface area contributed by atoms with Gasteiger partial charge in [-0.25, -0.2) is 4.79 Å². The Morgan fingerprint density at radius 1 is 1.40 bits per heavy atom. The van der Waals surface area contributed by atoms with Crippen LogP contribution in [0.4, 0.5) is 4.79 Å². The van der Waals surface area contributed by atoms with Crippen molar-refractivity contribution < 1.29 is 9.59 Å². The highest BCUT2D eigenvalue weighted by Gasteiger charge is 2.40. The van der Waals surface area contributed by atoms with Gasteiger partial charge in [-0.2, -0.15) is 3.11 Å². The second kappa shape index (κ2) is 2.80. The molecular formula is C4H4I2N2O2. The molecule has 0 aliphatic carbocycles. The Labute approximate surface area is 85.9 Å². The van der Waals surface area contributed by atoms with E-state index in [0.29, 0.717) is 0 Å². The zero-order valence-electron chi connectivity index (χ0n) is 5.04. The van der Waals surface area contributed by atoms with Crippen LogP contribution in [0.15, 0.2) is 0 Å². The molecule has 1 aliphatic heterocycles. The molecule has 56 valence electrons. The first-order valence-electron chi connectivity index (χ1n) is 2.54. The molecule has 1 rings (SSSR count). The van der Waals surface area contributed by atoms with Gasteiger partial charge in [0.05, 0.1) is 45.7 Å². The van der Waals surface area contributed by atoms with Crippen LogP contribution in [0.1, 0.15) is 6.92 Å². The van der Waals surface area contributed by atoms with Crippen LogP contribution in [0, 0.1) is 0 Å². The lowest BCUT2D eigenvalue weighted by Crippen LogP contribution is -2.22. The van der Waals surface area contributed by atoms with E-state index in [4.69, 9.17) is 0 Å². The van der Waals surface area contributed by atoms with Crippen LogP contribution in [-0.4, -0.2) is 24.2 Å². The first-order chi connectivity index (χ1) is 4.55. The van der Waals surface area contributed by atoms with Crippen molar-refractivity contribution >= 4 is 57.7 Å². The van der Waals surface area contributed by atoms with Crippen LogP contribution >= 0.6 is 45.7 Å².